The molecule has 2 aliphatic rings. The molecule has 1 saturated carbocycles. The number of nitrogen functional groups attached to an aromatic ring is 1. The van der Waals surface area contributed by atoms with E-state index >= 15 is 0 Å². The maximum atomic E-state index is 5.80. The van der Waals surface area contributed by atoms with Gasteiger partial charge in [-0.1, -0.05) is 12.1 Å². The highest BCUT2D eigenvalue weighted by Crippen LogP contribution is 2.54. The van der Waals surface area contributed by atoms with Crippen LogP contribution in [-0.4, -0.2) is 18.0 Å². The van der Waals surface area contributed by atoms with Gasteiger partial charge in [0.1, 0.15) is 0 Å². The fourth-order valence-electron chi connectivity index (χ4n) is 2.61. The minimum atomic E-state index is 0.528. The lowest BCUT2D eigenvalue weighted by atomic mass is 9.92. The van der Waals surface area contributed by atoms with Crippen LogP contribution in [0.15, 0.2) is 24.3 Å². The first kappa shape index (κ1) is 9.22. The molecule has 1 unspecified atom stereocenters. The number of benzene rings is 1. The van der Waals surface area contributed by atoms with Crippen LogP contribution >= 0.6 is 0 Å². The highest BCUT2D eigenvalue weighted by molar-refractivity contribution is 5.41. The molecule has 0 radical (unpaired) electrons. The largest absolute Gasteiger partial charge is 0.399 e. The lowest BCUT2D eigenvalue weighted by molar-refractivity contribution is 0.0429. The molecule has 2 heteroatoms. The molecule has 1 atom stereocenters. The Balaban J connectivity index is 1.71. The summed E-state index contributed by atoms with van der Waals surface area (Å²) in [5, 5.41) is 0. The SMILES string of the molecule is CC(c1cccc(N)c1)N1CC2(CC2)C1. The van der Waals surface area contributed by atoms with Crippen LogP contribution in [0.1, 0.15) is 31.4 Å². The van der Waals surface area contributed by atoms with E-state index in [1.54, 1.807) is 0 Å². The number of hydrogen-bond donors (Lipinski definition) is 1. The van der Waals surface area contributed by atoms with Crippen molar-refractivity contribution in [2.75, 3.05) is 18.8 Å². The zero-order valence-electron chi connectivity index (χ0n) is 9.24. The smallest absolute Gasteiger partial charge is 0.0321 e. The third kappa shape index (κ3) is 1.53. The molecule has 0 amide bonds. The summed E-state index contributed by atoms with van der Waals surface area (Å²) in [6.07, 6.45) is 2.90. The zero-order valence-corrected chi connectivity index (χ0v) is 9.24. The minimum absolute atomic E-state index is 0.528. The monoisotopic (exact) mass is 202 g/mol. The Labute approximate surface area is 91.1 Å². The Kier molecular flexibility index (Phi) is 1.84. The second-order valence-corrected chi connectivity index (χ2v) is 5.25. The standard InChI is InChI=1S/C13H18N2/c1-10(11-3-2-4-12(14)7-11)15-8-13(9-15)5-6-13/h2-4,7,10H,5-6,8-9,14H2,1H3. The lowest BCUT2D eigenvalue weighted by Crippen LogP contribution is -2.49. The molecule has 2 fully saturated rings. The molecule has 1 aliphatic heterocycles. The number of nitrogens with zero attached hydrogens (tertiary/aromatic N) is 1. The van der Waals surface area contributed by atoms with Gasteiger partial charge in [0.05, 0.1) is 0 Å². The van der Waals surface area contributed by atoms with Gasteiger partial charge < -0.3 is 5.73 Å². The predicted octanol–water partition coefficient (Wildman–Crippen LogP) is 2.43. The van der Waals surface area contributed by atoms with Crippen molar-refractivity contribution >= 4 is 5.69 Å². The van der Waals surface area contributed by atoms with Crippen LogP contribution in [0.2, 0.25) is 0 Å². The first-order valence-electron chi connectivity index (χ1n) is 5.78. The Hall–Kier alpha value is -1.02. The summed E-state index contributed by atoms with van der Waals surface area (Å²) in [7, 11) is 0. The number of anilines is 1. The summed E-state index contributed by atoms with van der Waals surface area (Å²) in [6.45, 7) is 4.87. The average molecular weight is 202 g/mol. The minimum Gasteiger partial charge on any atom is -0.399 e. The van der Waals surface area contributed by atoms with Crippen LogP contribution in [-0.2, 0) is 0 Å². The molecule has 1 spiro atoms. The summed E-state index contributed by atoms with van der Waals surface area (Å²) in [5.74, 6) is 0. The van der Waals surface area contributed by atoms with Crippen LogP contribution in [0.4, 0.5) is 5.69 Å². The molecule has 3 rings (SSSR count). The normalized spacial score (nSPS) is 24.9. The fourth-order valence-corrected chi connectivity index (χ4v) is 2.61. The Bertz CT molecular complexity index is 374. The molecular formula is C13H18N2. The molecular weight excluding hydrogens is 184 g/mol. The van der Waals surface area contributed by atoms with Gasteiger partial charge in [0, 0.05) is 24.8 Å². The van der Waals surface area contributed by atoms with Gasteiger partial charge in [-0.3, -0.25) is 4.90 Å². The van der Waals surface area contributed by atoms with E-state index < -0.39 is 0 Å². The van der Waals surface area contributed by atoms with Crippen molar-refractivity contribution in [2.45, 2.75) is 25.8 Å². The molecule has 1 aromatic rings. The van der Waals surface area contributed by atoms with Crippen molar-refractivity contribution in [3.63, 3.8) is 0 Å². The fraction of sp³-hybridized carbons (Fsp3) is 0.538. The Morgan fingerprint density at radius 3 is 2.67 bits per heavy atom. The first-order chi connectivity index (χ1) is 7.19. The molecule has 15 heavy (non-hydrogen) atoms. The Morgan fingerprint density at radius 2 is 2.07 bits per heavy atom. The summed E-state index contributed by atoms with van der Waals surface area (Å²) >= 11 is 0. The zero-order chi connectivity index (χ0) is 10.5. The number of hydrogen-bond acceptors (Lipinski definition) is 2. The van der Waals surface area contributed by atoms with Gasteiger partial charge in [-0.2, -0.15) is 0 Å². The van der Waals surface area contributed by atoms with Gasteiger partial charge in [-0.25, -0.2) is 0 Å². The quantitative estimate of drug-likeness (QED) is 0.746. The van der Waals surface area contributed by atoms with Gasteiger partial charge in [0.2, 0.25) is 0 Å². The van der Waals surface area contributed by atoms with Crippen molar-refractivity contribution in [1.82, 2.24) is 4.90 Å². The van der Waals surface area contributed by atoms with Gasteiger partial charge >= 0.3 is 0 Å². The van der Waals surface area contributed by atoms with Crippen LogP contribution in [0.3, 0.4) is 0 Å². The van der Waals surface area contributed by atoms with E-state index in [9.17, 15) is 0 Å². The molecule has 2 nitrogen and oxygen atoms in total. The highest BCUT2D eigenvalue weighted by atomic mass is 15.2. The third-order valence-electron chi connectivity index (χ3n) is 3.97. The van der Waals surface area contributed by atoms with E-state index in [0.29, 0.717) is 6.04 Å². The topological polar surface area (TPSA) is 29.3 Å². The van der Waals surface area contributed by atoms with E-state index in [2.05, 4.69) is 24.0 Å². The molecule has 80 valence electrons. The van der Waals surface area contributed by atoms with Gasteiger partial charge in [-0.15, -0.1) is 0 Å². The molecule has 2 N–H and O–H groups in total. The van der Waals surface area contributed by atoms with Crippen molar-refractivity contribution in [2.24, 2.45) is 5.41 Å². The number of likely N-dealkylation sites (tertiary alicyclic amines) is 1. The van der Waals surface area contributed by atoms with Gasteiger partial charge in [0.15, 0.2) is 0 Å². The number of nitrogens with two attached hydrogens (primary N) is 1. The summed E-state index contributed by atoms with van der Waals surface area (Å²) in [5.41, 5.74) is 8.78. The molecule has 1 aliphatic carbocycles. The van der Waals surface area contributed by atoms with Crippen molar-refractivity contribution in [3.05, 3.63) is 29.8 Å². The summed E-state index contributed by atoms with van der Waals surface area (Å²) in [6, 6.07) is 8.81. The van der Waals surface area contributed by atoms with E-state index in [4.69, 9.17) is 5.73 Å². The summed E-state index contributed by atoms with van der Waals surface area (Å²) < 4.78 is 0. The maximum absolute atomic E-state index is 5.80. The highest BCUT2D eigenvalue weighted by Gasteiger charge is 2.53. The lowest BCUT2D eigenvalue weighted by Gasteiger charge is -2.44. The van der Waals surface area contributed by atoms with Gasteiger partial charge in [-0.05, 0) is 42.9 Å². The molecule has 0 bridgehead atoms. The second-order valence-electron chi connectivity index (χ2n) is 5.25. The van der Waals surface area contributed by atoms with Crippen LogP contribution in [0.5, 0.6) is 0 Å². The van der Waals surface area contributed by atoms with E-state index in [1.807, 2.05) is 12.1 Å². The molecule has 1 aromatic carbocycles. The van der Waals surface area contributed by atoms with Crippen molar-refractivity contribution in [1.29, 1.82) is 0 Å². The maximum Gasteiger partial charge on any atom is 0.0321 e. The van der Waals surface area contributed by atoms with E-state index in [0.717, 1.165) is 11.1 Å². The molecule has 1 saturated heterocycles. The number of rotatable bonds is 2. The predicted molar refractivity (Wildman–Crippen MR) is 62.5 cm³/mol. The molecule has 1 heterocycles. The van der Waals surface area contributed by atoms with Gasteiger partial charge in [0.25, 0.3) is 0 Å². The van der Waals surface area contributed by atoms with Crippen LogP contribution in [0, 0.1) is 5.41 Å². The van der Waals surface area contributed by atoms with Crippen LogP contribution in [0.25, 0.3) is 0 Å². The second kappa shape index (κ2) is 2.99. The van der Waals surface area contributed by atoms with E-state index in [1.165, 1.54) is 31.5 Å². The molecule has 0 aromatic heterocycles. The Morgan fingerprint density at radius 1 is 1.33 bits per heavy atom. The van der Waals surface area contributed by atoms with Crippen molar-refractivity contribution < 1.29 is 0 Å². The summed E-state index contributed by atoms with van der Waals surface area (Å²) in [4.78, 5) is 2.56. The third-order valence-corrected chi connectivity index (χ3v) is 3.97. The first-order valence-corrected chi connectivity index (χ1v) is 5.78. The van der Waals surface area contributed by atoms with E-state index in [-0.39, 0.29) is 0 Å². The average Bonchev–Trinajstić information content (AvgIpc) is 2.94. The van der Waals surface area contributed by atoms with Crippen LogP contribution < -0.4 is 5.73 Å². The van der Waals surface area contributed by atoms with Crippen molar-refractivity contribution in [3.8, 4) is 0 Å².